The number of benzene rings is 2. The third kappa shape index (κ3) is 4.74. The minimum Gasteiger partial charge on any atom is -0.495 e. The van der Waals surface area contributed by atoms with Crippen molar-refractivity contribution in [1.82, 2.24) is 14.9 Å². The van der Waals surface area contributed by atoms with Gasteiger partial charge in [0.25, 0.3) is 5.69 Å². The molecule has 0 radical (unpaired) electrons. The van der Waals surface area contributed by atoms with E-state index in [0.717, 1.165) is 28.3 Å². The van der Waals surface area contributed by atoms with Crippen molar-refractivity contribution < 1.29 is 9.66 Å². The summed E-state index contributed by atoms with van der Waals surface area (Å²) in [4.78, 5) is 18.0. The first-order chi connectivity index (χ1) is 18.7. The molecule has 5 rings (SSSR count). The number of nitro groups is 1. The van der Waals surface area contributed by atoms with Crippen molar-refractivity contribution in [2.45, 2.75) is 45.7 Å². The number of hydrogen-bond acceptors (Lipinski definition) is 5. The van der Waals surface area contributed by atoms with E-state index in [4.69, 9.17) is 17.0 Å². The number of hydrogen-bond donors (Lipinski definition) is 1. The second kappa shape index (κ2) is 10.5. The number of nitrogens with zero attached hydrogens (tertiary/aromatic N) is 4. The first-order valence-corrected chi connectivity index (χ1v) is 13.2. The molecule has 0 amide bonds. The van der Waals surface area contributed by atoms with E-state index in [9.17, 15) is 10.1 Å². The first kappa shape index (κ1) is 26.4. The van der Waals surface area contributed by atoms with Crippen LogP contribution in [0.1, 0.15) is 60.1 Å². The first-order valence-electron chi connectivity index (χ1n) is 12.8. The van der Waals surface area contributed by atoms with Crippen LogP contribution in [0.4, 0.5) is 11.4 Å². The number of nitro benzene ring substituents is 1. The number of nitrogens with one attached hydrogen (secondary N) is 1. The van der Waals surface area contributed by atoms with Crippen molar-refractivity contribution in [2.24, 2.45) is 0 Å². The van der Waals surface area contributed by atoms with E-state index < -0.39 is 4.92 Å². The molecular weight excluding hydrogens is 510 g/mol. The Hall–Kier alpha value is -4.24. The van der Waals surface area contributed by atoms with Gasteiger partial charge < -0.3 is 19.5 Å². The quantitative estimate of drug-likeness (QED) is 0.158. The van der Waals surface area contributed by atoms with Gasteiger partial charge >= 0.3 is 0 Å². The normalized spacial score (nSPS) is 17.0. The number of pyridine rings is 1. The van der Waals surface area contributed by atoms with Gasteiger partial charge in [-0.05, 0) is 79.5 Å². The number of aromatic nitrogens is 2. The molecule has 8 nitrogen and oxygen atoms in total. The van der Waals surface area contributed by atoms with Gasteiger partial charge in [-0.15, -0.1) is 0 Å². The molecule has 0 spiro atoms. The van der Waals surface area contributed by atoms with Crippen LogP contribution in [-0.2, 0) is 0 Å². The van der Waals surface area contributed by atoms with Crippen molar-refractivity contribution >= 4 is 28.7 Å². The Morgan fingerprint density at radius 1 is 1.08 bits per heavy atom. The van der Waals surface area contributed by atoms with Crippen LogP contribution in [0.5, 0.6) is 5.75 Å². The van der Waals surface area contributed by atoms with Crippen LogP contribution in [0.15, 0.2) is 72.9 Å². The van der Waals surface area contributed by atoms with E-state index in [0.29, 0.717) is 22.5 Å². The van der Waals surface area contributed by atoms with E-state index in [2.05, 4.69) is 59.4 Å². The molecule has 1 aliphatic rings. The molecule has 9 heteroatoms. The number of rotatable bonds is 7. The van der Waals surface area contributed by atoms with Gasteiger partial charge in [-0.1, -0.05) is 32.0 Å². The lowest BCUT2D eigenvalue weighted by atomic mass is 9.96. The van der Waals surface area contributed by atoms with E-state index in [-0.39, 0.29) is 17.8 Å². The van der Waals surface area contributed by atoms with Crippen molar-refractivity contribution in [3.05, 3.63) is 111 Å². The molecule has 4 aromatic rings. The van der Waals surface area contributed by atoms with Gasteiger partial charge in [0.1, 0.15) is 5.75 Å². The van der Waals surface area contributed by atoms with E-state index in [1.165, 1.54) is 11.6 Å². The number of methoxy groups -OCH3 is 1. The highest BCUT2D eigenvalue weighted by atomic mass is 32.1. The number of ether oxygens (including phenoxy) is 1. The molecule has 0 saturated carbocycles. The standard InChI is InChI=1S/C30H31N5O3S/c1-18(2)21-9-11-22(12-10-21)34-29(28(32-30(34)39)25-8-6-7-15-31-25)24-16-19(3)33(20(24)4)26-17-23(35(36)37)13-14-27(26)38-5/h6-18,28-29H,1-5H3,(H,32,39)/t28-,29+/m1/s1. The van der Waals surface area contributed by atoms with Gasteiger partial charge in [0.15, 0.2) is 5.11 Å². The van der Waals surface area contributed by atoms with E-state index >= 15 is 0 Å². The molecule has 2 aromatic heterocycles. The fourth-order valence-electron chi connectivity index (χ4n) is 5.39. The lowest BCUT2D eigenvalue weighted by molar-refractivity contribution is -0.384. The predicted octanol–water partition coefficient (Wildman–Crippen LogP) is 6.71. The molecule has 2 aromatic carbocycles. The van der Waals surface area contributed by atoms with Crippen molar-refractivity contribution in [3.8, 4) is 11.4 Å². The Morgan fingerprint density at radius 3 is 2.44 bits per heavy atom. The van der Waals surface area contributed by atoms with Crippen LogP contribution < -0.4 is 15.0 Å². The maximum atomic E-state index is 11.6. The molecule has 1 N–H and O–H groups in total. The summed E-state index contributed by atoms with van der Waals surface area (Å²) >= 11 is 5.91. The monoisotopic (exact) mass is 541 g/mol. The van der Waals surface area contributed by atoms with Crippen LogP contribution in [0.25, 0.3) is 5.69 Å². The third-order valence-corrected chi connectivity index (χ3v) is 7.65. The van der Waals surface area contributed by atoms with Gasteiger partial charge in [0.05, 0.1) is 35.5 Å². The highest BCUT2D eigenvalue weighted by molar-refractivity contribution is 7.80. The molecule has 0 unspecified atom stereocenters. The summed E-state index contributed by atoms with van der Waals surface area (Å²) in [6.45, 7) is 8.37. The fraction of sp³-hybridized carbons (Fsp3) is 0.267. The summed E-state index contributed by atoms with van der Waals surface area (Å²) in [5.74, 6) is 0.972. The Kier molecular flexibility index (Phi) is 7.10. The molecule has 1 saturated heterocycles. The van der Waals surface area contributed by atoms with Gasteiger partial charge in [-0.2, -0.15) is 0 Å². The molecule has 2 atom stereocenters. The second-order valence-electron chi connectivity index (χ2n) is 10.0. The summed E-state index contributed by atoms with van der Waals surface area (Å²) in [5.41, 5.74) is 6.64. The predicted molar refractivity (Wildman–Crippen MR) is 157 cm³/mol. The number of non-ortho nitro benzene ring substituents is 1. The Bertz CT molecular complexity index is 1530. The summed E-state index contributed by atoms with van der Waals surface area (Å²) in [6, 6.07) is 20.7. The van der Waals surface area contributed by atoms with Crippen LogP contribution in [0, 0.1) is 24.0 Å². The highest BCUT2D eigenvalue weighted by Gasteiger charge is 2.42. The Morgan fingerprint density at radius 2 is 1.82 bits per heavy atom. The zero-order chi connectivity index (χ0) is 27.8. The van der Waals surface area contributed by atoms with E-state index in [1.54, 1.807) is 25.4 Å². The van der Waals surface area contributed by atoms with Crippen molar-refractivity contribution in [2.75, 3.05) is 12.0 Å². The molecule has 39 heavy (non-hydrogen) atoms. The van der Waals surface area contributed by atoms with E-state index in [1.807, 2.05) is 36.6 Å². The van der Waals surface area contributed by atoms with Crippen LogP contribution in [-0.4, -0.2) is 26.7 Å². The molecule has 200 valence electrons. The summed E-state index contributed by atoms with van der Waals surface area (Å²) in [7, 11) is 1.57. The number of thiocarbonyl (C=S) groups is 1. The van der Waals surface area contributed by atoms with Crippen molar-refractivity contribution in [3.63, 3.8) is 0 Å². The van der Waals surface area contributed by atoms with Crippen LogP contribution in [0.3, 0.4) is 0 Å². The van der Waals surface area contributed by atoms with Crippen molar-refractivity contribution in [1.29, 1.82) is 0 Å². The van der Waals surface area contributed by atoms with Crippen LogP contribution >= 0.6 is 12.2 Å². The smallest absolute Gasteiger partial charge is 0.271 e. The molecular formula is C30H31N5O3S. The number of anilines is 1. The maximum Gasteiger partial charge on any atom is 0.271 e. The number of aryl methyl sites for hydroxylation is 1. The van der Waals surface area contributed by atoms with Crippen LogP contribution in [0.2, 0.25) is 0 Å². The summed E-state index contributed by atoms with van der Waals surface area (Å²) in [6.07, 6.45) is 1.79. The largest absolute Gasteiger partial charge is 0.495 e. The molecule has 0 aliphatic carbocycles. The Balaban J connectivity index is 1.69. The maximum absolute atomic E-state index is 11.6. The third-order valence-electron chi connectivity index (χ3n) is 7.34. The Labute approximate surface area is 233 Å². The summed E-state index contributed by atoms with van der Waals surface area (Å²) in [5, 5.41) is 15.7. The molecule has 0 bridgehead atoms. The average Bonchev–Trinajstić information content (AvgIpc) is 3.43. The lowest BCUT2D eigenvalue weighted by Crippen LogP contribution is -2.29. The van der Waals surface area contributed by atoms with Gasteiger partial charge in [0, 0.05) is 35.4 Å². The average molecular weight is 542 g/mol. The lowest BCUT2D eigenvalue weighted by Gasteiger charge is -2.28. The SMILES string of the molecule is COc1ccc([N+](=O)[O-])cc1-n1c(C)cc([C@H]2[C@@H](c3ccccn3)NC(=S)N2c2ccc(C(C)C)cc2)c1C. The second-order valence-corrected chi connectivity index (χ2v) is 10.4. The zero-order valence-electron chi connectivity index (χ0n) is 22.6. The molecule has 1 aliphatic heterocycles. The van der Waals surface area contributed by atoms with Gasteiger partial charge in [0.2, 0.25) is 0 Å². The topological polar surface area (TPSA) is 85.5 Å². The minimum atomic E-state index is -0.392. The fourth-order valence-corrected chi connectivity index (χ4v) is 5.74. The van der Waals surface area contributed by atoms with Gasteiger partial charge in [-0.3, -0.25) is 15.1 Å². The van der Waals surface area contributed by atoms with Gasteiger partial charge in [-0.25, -0.2) is 0 Å². The highest BCUT2D eigenvalue weighted by Crippen LogP contribution is 2.44. The molecule has 1 fully saturated rings. The zero-order valence-corrected chi connectivity index (χ0v) is 23.4. The summed E-state index contributed by atoms with van der Waals surface area (Å²) < 4.78 is 7.62. The minimum absolute atomic E-state index is 0.00166. The molecule has 3 heterocycles.